The Morgan fingerprint density at radius 1 is 0.886 bits per heavy atom. The molecule has 0 spiro atoms. The lowest BCUT2D eigenvalue weighted by Crippen LogP contribution is -2.51. The van der Waals surface area contributed by atoms with E-state index >= 15 is 0 Å². The molecule has 0 aromatic heterocycles. The average molecular weight is 472 g/mol. The molecule has 180 valence electrons. The minimum absolute atomic E-state index is 0.300. The number of hydrogen-bond acceptors (Lipinski definition) is 5. The second-order valence-electron chi connectivity index (χ2n) is 8.28. The highest BCUT2D eigenvalue weighted by atomic mass is 16.5. The van der Waals surface area contributed by atoms with Gasteiger partial charge in [-0.3, -0.25) is 14.8 Å². The number of hydrogen-bond donors (Lipinski definition) is 5. The minimum atomic E-state index is -1.27. The third kappa shape index (κ3) is 7.80. The van der Waals surface area contributed by atoms with Crippen molar-refractivity contribution in [2.45, 2.75) is 39.1 Å². The largest absolute Gasteiger partial charge is 0.391 e. The molecule has 0 fully saturated rings. The average Bonchev–Trinajstić information content (AvgIpc) is 2.86. The van der Waals surface area contributed by atoms with Gasteiger partial charge in [0.1, 0.15) is 6.04 Å². The van der Waals surface area contributed by atoms with Crippen molar-refractivity contribution in [1.29, 1.82) is 0 Å². The van der Waals surface area contributed by atoms with Crippen molar-refractivity contribution in [3.63, 3.8) is 0 Å². The van der Waals surface area contributed by atoms with E-state index in [1.54, 1.807) is 24.3 Å². The van der Waals surface area contributed by atoms with E-state index in [-0.39, 0.29) is 0 Å². The number of amides is 2. The first-order valence-electron chi connectivity index (χ1n) is 11.3. The summed E-state index contributed by atoms with van der Waals surface area (Å²) in [5.74, 6) is 4.73. The standard InChI is InChI=1S/C28H29N3O4/c1-19-4-3-5-24(16-19)18-29-17-23-10-8-21(9-11-23)6-7-22-12-14-25(15-13-22)27(33)30-26(20(2)32)28(34)31-35/h3-5,8-16,20,26,29,32,35H,17-18H2,1-2H3,(H,30,33)(H,31,34)/t20-,26+/m1/s1. The first kappa shape index (κ1) is 25.7. The van der Waals surface area contributed by atoms with E-state index in [4.69, 9.17) is 5.21 Å². The quantitative estimate of drug-likeness (QED) is 0.197. The monoisotopic (exact) mass is 471 g/mol. The van der Waals surface area contributed by atoms with Crippen molar-refractivity contribution in [3.05, 3.63) is 106 Å². The van der Waals surface area contributed by atoms with E-state index in [2.05, 4.69) is 53.7 Å². The highest BCUT2D eigenvalue weighted by Gasteiger charge is 2.25. The van der Waals surface area contributed by atoms with Crippen molar-refractivity contribution in [2.75, 3.05) is 0 Å². The van der Waals surface area contributed by atoms with Gasteiger partial charge in [0.15, 0.2) is 0 Å². The van der Waals surface area contributed by atoms with Gasteiger partial charge in [-0.1, -0.05) is 53.8 Å². The van der Waals surface area contributed by atoms with Gasteiger partial charge in [0.2, 0.25) is 0 Å². The van der Waals surface area contributed by atoms with Gasteiger partial charge >= 0.3 is 0 Å². The van der Waals surface area contributed by atoms with Crippen LogP contribution in [0, 0.1) is 18.8 Å². The van der Waals surface area contributed by atoms with Crippen LogP contribution >= 0.6 is 0 Å². The summed E-state index contributed by atoms with van der Waals surface area (Å²) in [5.41, 5.74) is 7.02. The molecule has 2 amide bonds. The van der Waals surface area contributed by atoms with Crippen LogP contribution in [0.5, 0.6) is 0 Å². The minimum Gasteiger partial charge on any atom is -0.391 e. The summed E-state index contributed by atoms with van der Waals surface area (Å²) >= 11 is 0. The maximum absolute atomic E-state index is 12.3. The fraction of sp³-hybridized carbons (Fsp3) is 0.214. The van der Waals surface area contributed by atoms with Gasteiger partial charge in [-0.25, -0.2) is 5.48 Å². The number of hydroxylamine groups is 1. The van der Waals surface area contributed by atoms with Crippen molar-refractivity contribution in [1.82, 2.24) is 16.1 Å². The predicted molar refractivity (Wildman–Crippen MR) is 133 cm³/mol. The normalized spacial score (nSPS) is 12.1. The molecule has 7 nitrogen and oxygen atoms in total. The zero-order valence-corrected chi connectivity index (χ0v) is 19.7. The maximum Gasteiger partial charge on any atom is 0.268 e. The van der Waals surface area contributed by atoms with Crippen LogP contribution < -0.4 is 16.1 Å². The Bertz CT molecular complexity index is 1210. The number of aryl methyl sites for hydroxylation is 1. The Morgan fingerprint density at radius 2 is 1.49 bits per heavy atom. The fourth-order valence-electron chi connectivity index (χ4n) is 3.43. The first-order chi connectivity index (χ1) is 16.9. The SMILES string of the molecule is Cc1cccc(CNCc2ccc(C#Cc3ccc(C(=O)N[C@H](C(=O)NO)[C@@H](C)O)cc3)cc2)c1. The molecule has 2 atom stereocenters. The molecule has 0 aliphatic carbocycles. The Labute approximate surface area is 205 Å². The highest BCUT2D eigenvalue weighted by Crippen LogP contribution is 2.08. The summed E-state index contributed by atoms with van der Waals surface area (Å²) in [4.78, 5) is 23.9. The van der Waals surface area contributed by atoms with E-state index in [1.165, 1.54) is 29.1 Å². The summed E-state index contributed by atoms with van der Waals surface area (Å²) in [7, 11) is 0. The van der Waals surface area contributed by atoms with Crippen molar-refractivity contribution in [2.24, 2.45) is 0 Å². The predicted octanol–water partition coefficient (Wildman–Crippen LogP) is 2.67. The topological polar surface area (TPSA) is 111 Å². The lowest BCUT2D eigenvalue weighted by Gasteiger charge is -2.19. The number of benzene rings is 3. The molecule has 3 aromatic rings. The Kier molecular flexibility index (Phi) is 9.16. The fourth-order valence-corrected chi connectivity index (χ4v) is 3.43. The Balaban J connectivity index is 1.54. The molecule has 0 unspecified atom stereocenters. The summed E-state index contributed by atoms with van der Waals surface area (Å²) in [5, 5.41) is 24.2. The summed E-state index contributed by atoms with van der Waals surface area (Å²) < 4.78 is 0. The molecule has 7 heteroatoms. The molecule has 3 aromatic carbocycles. The van der Waals surface area contributed by atoms with Gasteiger partial charge in [-0.05, 0) is 61.4 Å². The van der Waals surface area contributed by atoms with Gasteiger partial charge < -0.3 is 15.7 Å². The van der Waals surface area contributed by atoms with E-state index in [0.717, 1.165) is 24.2 Å². The van der Waals surface area contributed by atoms with Gasteiger partial charge in [-0.15, -0.1) is 0 Å². The molecule has 0 saturated heterocycles. The third-order valence-electron chi connectivity index (χ3n) is 5.35. The van der Waals surface area contributed by atoms with Crippen LogP contribution in [0.4, 0.5) is 0 Å². The van der Waals surface area contributed by atoms with Crippen LogP contribution in [0.25, 0.3) is 0 Å². The van der Waals surface area contributed by atoms with Crippen LogP contribution in [0.15, 0.2) is 72.8 Å². The Hall–Kier alpha value is -3.96. The summed E-state index contributed by atoms with van der Waals surface area (Å²) in [6.07, 6.45) is -1.17. The molecule has 5 N–H and O–H groups in total. The van der Waals surface area contributed by atoms with Crippen molar-refractivity contribution >= 4 is 11.8 Å². The molecule has 0 bridgehead atoms. The van der Waals surface area contributed by atoms with Crippen LogP contribution in [0.3, 0.4) is 0 Å². The van der Waals surface area contributed by atoms with E-state index in [1.807, 2.05) is 24.3 Å². The molecule has 0 heterocycles. The van der Waals surface area contributed by atoms with Crippen LogP contribution in [0.1, 0.15) is 45.1 Å². The molecular formula is C28H29N3O4. The lowest BCUT2D eigenvalue weighted by molar-refractivity contribution is -0.133. The van der Waals surface area contributed by atoms with Crippen LogP contribution in [-0.4, -0.2) is 34.3 Å². The molecule has 3 rings (SSSR count). The number of carbonyl (C=O) groups is 2. The van der Waals surface area contributed by atoms with Crippen molar-refractivity contribution in [3.8, 4) is 11.8 Å². The van der Waals surface area contributed by atoms with Gasteiger partial charge in [0.05, 0.1) is 6.10 Å². The van der Waals surface area contributed by atoms with Crippen molar-refractivity contribution < 1.29 is 19.9 Å². The van der Waals surface area contributed by atoms with Gasteiger partial charge in [0, 0.05) is 29.8 Å². The molecule has 35 heavy (non-hydrogen) atoms. The van der Waals surface area contributed by atoms with Gasteiger partial charge in [0.25, 0.3) is 11.8 Å². The number of carbonyl (C=O) groups excluding carboxylic acids is 2. The number of rotatable bonds is 8. The van der Waals surface area contributed by atoms with Crippen LogP contribution in [-0.2, 0) is 17.9 Å². The zero-order valence-electron chi connectivity index (χ0n) is 19.7. The number of nitrogens with one attached hydrogen (secondary N) is 3. The molecular weight excluding hydrogens is 442 g/mol. The smallest absolute Gasteiger partial charge is 0.268 e. The van der Waals surface area contributed by atoms with E-state index in [0.29, 0.717) is 5.56 Å². The molecule has 0 aliphatic rings. The van der Waals surface area contributed by atoms with E-state index in [9.17, 15) is 14.7 Å². The molecule has 0 aliphatic heterocycles. The zero-order chi connectivity index (χ0) is 25.2. The lowest BCUT2D eigenvalue weighted by atomic mass is 10.1. The Morgan fingerprint density at radius 3 is 2.06 bits per heavy atom. The first-order valence-corrected chi connectivity index (χ1v) is 11.3. The highest BCUT2D eigenvalue weighted by molar-refractivity contribution is 5.97. The molecule has 0 saturated carbocycles. The van der Waals surface area contributed by atoms with Crippen LogP contribution in [0.2, 0.25) is 0 Å². The van der Waals surface area contributed by atoms with Gasteiger partial charge in [-0.2, -0.15) is 0 Å². The summed E-state index contributed by atoms with van der Waals surface area (Å²) in [6.45, 7) is 5.00. The second-order valence-corrected chi connectivity index (χ2v) is 8.28. The number of aliphatic hydroxyl groups excluding tert-OH is 1. The van der Waals surface area contributed by atoms with E-state index < -0.39 is 24.0 Å². The second kappa shape index (κ2) is 12.5. The third-order valence-corrected chi connectivity index (χ3v) is 5.35. The molecule has 0 radical (unpaired) electrons. The number of aliphatic hydroxyl groups is 1. The summed E-state index contributed by atoms with van der Waals surface area (Å²) in [6, 6.07) is 21.8. The maximum atomic E-state index is 12.3.